The molecule has 3 aromatic heterocycles. The summed E-state index contributed by atoms with van der Waals surface area (Å²) in [6, 6.07) is 5.41. The van der Waals surface area contributed by atoms with Gasteiger partial charge in [0.1, 0.15) is 41.1 Å². The fraction of sp³-hybridized carbons (Fsp3) is 0.0556. The maximum atomic E-state index is 14.3. The minimum atomic E-state index is -0.695. The third kappa shape index (κ3) is 3.44. The molecular weight excluding hydrogens is 404 g/mol. The van der Waals surface area contributed by atoms with E-state index >= 15 is 0 Å². The van der Waals surface area contributed by atoms with Crippen molar-refractivity contribution in [3.8, 4) is 11.8 Å². The molecule has 0 aliphatic heterocycles. The normalized spacial score (nSPS) is 10.9. The van der Waals surface area contributed by atoms with Crippen LogP contribution in [-0.4, -0.2) is 29.8 Å². The van der Waals surface area contributed by atoms with E-state index in [4.69, 9.17) is 11.6 Å². The smallest absolute Gasteiger partial charge is 0.169 e. The summed E-state index contributed by atoms with van der Waals surface area (Å²) in [6.45, 7) is -0.276. The molecule has 0 spiro atoms. The molecular formula is C18H10ClF2N7O. The molecule has 8 nitrogen and oxygen atoms in total. The minimum absolute atomic E-state index is 0.0387. The van der Waals surface area contributed by atoms with Gasteiger partial charge in [-0.3, -0.25) is 0 Å². The fourth-order valence-corrected chi connectivity index (χ4v) is 3.04. The number of nitrogens with zero attached hydrogens (tertiary/aromatic N) is 6. The Balaban J connectivity index is 1.86. The zero-order chi connectivity index (χ0) is 20.5. The number of nitriles is 1. The molecule has 0 atom stereocenters. The van der Waals surface area contributed by atoms with E-state index in [0.717, 1.165) is 18.3 Å². The maximum Gasteiger partial charge on any atom is 0.169 e. The van der Waals surface area contributed by atoms with Crippen LogP contribution in [0.2, 0.25) is 5.02 Å². The number of pyridine rings is 1. The lowest BCUT2D eigenvalue weighted by Crippen LogP contribution is -2.00. The van der Waals surface area contributed by atoms with Crippen molar-refractivity contribution >= 4 is 34.1 Å². The summed E-state index contributed by atoms with van der Waals surface area (Å²) in [6.07, 6.45) is 3.66. The molecule has 0 saturated carbocycles. The molecule has 11 heteroatoms. The molecule has 0 aliphatic rings. The Morgan fingerprint density at radius 1 is 1.21 bits per heavy atom. The second-order valence-corrected chi connectivity index (χ2v) is 6.27. The summed E-state index contributed by atoms with van der Waals surface area (Å²) in [5.41, 5.74) is 0.396. The van der Waals surface area contributed by atoms with E-state index < -0.39 is 11.6 Å². The molecule has 0 amide bonds. The second kappa shape index (κ2) is 7.38. The Kier molecular flexibility index (Phi) is 4.75. The van der Waals surface area contributed by atoms with Crippen molar-refractivity contribution in [2.45, 2.75) is 6.61 Å². The van der Waals surface area contributed by atoms with E-state index in [-0.39, 0.29) is 39.6 Å². The highest BCUT2D eigenvalue weighted by atomic mass is 35.5. The number of anilines is 2. The minimum Gasteiger partial charge on any atom is -0.390 e. The average molecular weight is 414 g/mol. The number of aromatic nitrogens is 5. The molecule has 0 fully saturated rings. The number of benzene rings is 1. The van der Waals surface area contributed by atoms with Crippen molar-refractivity contribution in [2.75, 3.05) is 5.32 Å². The predicted molar refractivity (Wildman–Crippen MR) is 99.7 cm³/mol. The number of halogens is 3. The lowest BCUT2D eigenvalue weighted by molar-refractivity contribution is 0.276. The van der Waals surface area contributed by atoms with Gasteiger partial charge in [-0.1, -0.05) is 11.6 Å². The number of fused-ring (bicyclic) bond motifs is 1. The summed E-state index contributed by atoms with van der Waals surface area (Å²) in [7, 11) is 0. The highest BCUT2D eigenvalue weighted by molar-refractivity contribution is 6.32. The first-order valence-electron chi connectivity index (χ1n) is 8.12. The first-order chi connectivity index (χ1) is 14.0. The van der Waals surface area contributed by atoms with Gasteiger partial charge in [0.05, 0.1) is 34.5 Å². The Bertz CT molecular complexity index is 1290. The predicted octanol–water partition coefficient (Wildman–Crippen LogP) is 3.25. The van der Waals surface area contributed by atoms with E-state index in [1.165, 1.54) is 23.3 Å². The quantitative estimate of drug-likeness (QED) is 0.528. The number of hydrogen-bond acceptors (Lipinski definition) is 7. The Morgan fingerprint density at radius 3 is 2.79 bits per heavy atom. The summed E-state index contributed by atoms with van der Waals surface area (Å²) in [5, 5.41) is 25.8. The molecule has 0 saturated heterocycles. The standard InChI is InChI=1S/C18H10ClF2N7O/c19-13-2-10(20)1-9(4-22)17(13)28-6-12-16(27-28)14(21)5-23-18(12)26-15-3-11(7-29)24-8-25-15/h1-3,5-6,8,29H,7H2,(H,23,24,25,26). The van der Waals surface area contributed by atoms with Crippen LogP contribution in [-0.2, 0) is 6.61 Å². The zero-order valence-corrected chi connectivity index (χ0v) is 15.2. The largest absolute Gasteiger partial charge is 0.390 e. The van der Waals surface area contributed by atoms with Gasteiger partial charge in [-0.05, 0) is 12.1 Å². The number of rotatable bonds is 4. The van der Waals surface area contributed by atoms with Gasteiger partial charge in [-0.2, -0.15) is 10.4 Å². The topological polar surface area (TPSA) is 113 Å². The van der Waals surface area contributed by atoms with Gasteiger partial charge >= 0.3 is 0 Å². The maximum absolute atomic E-state index is 14.3. The molecule has 0 radical (unpaired) electrons. The average Bonchev–Trinajstić information content (AvgIpc) is 3.15. The number of aliphatic hydroxyl groups is 1. The van der Waals surface area contributed by atoms with Gasteiger partial charge < -0.3 is 10.4 Å². The molecule has 0 unspecified atom stereocenters. The second-order valence-electron chi connectivity index (χ2n) is 5.86. The number of nitrogens with one attached hydrogen (secondary N) is 1. The van der Waals surface area contributed by atoms with Crippen LogP contribution in [0.3, 0.4) is 0 Å². The van der Waals surface area contributed by atoms with Crippen molar-refractivity contribution in [1.82, 2.24) is 24.7 Å². The van der Waals surface area contributed by atoms with Crippen LogP contribution in [0.15, 0.2) is 36.9 Å². The molecule has 1 aromatic carbocycles. The fourth-order valence-electron chi connectivity index (χ4n) is 2.75. The van der Waals surface area contributed by atoms with Gasteiger partial charge in [-0.15, -0.1) is 0 Å². The molecule has 29 heavy (non-hydrogen) atoms. The van der Waals surface area contributed by atoms with Gasteiger partial charge in [0.2, 0.25) is 0 Å². The first-order valence-corrected chi connectivity index (χ1v) is 8.50. The lowest BCUT2D eigenvalue weighted by atomic mass is 10.2. The third-order valence-corrected chi connectivity index (χ3v) is 4.30. The van der Waals surface area contributed by atoms with Crippen LogP contribution >= 0.6 is 11.6 Å². The van der Waals surface area contributed by atoms with E-state index in [0.29, 0.717) is 11.5 Å². The van der Waals surface area contributed by atoms with Crippen LogP contribution in [0.25, 0.3) is 16.6 Å². The summed E-state index contributed by atoms with van der Waals surface area (Å²) in [5.74, 6) is -0.813. The summed E-state index contributed by atoms with van der Waals surface area (Å²) in [4.78, 5) is 11.9. The summed E-state index contributed by atoms with van der Waals surface area (Å²) < 4.78 is 29.1. The van der Waals surface area contributed by atoms with Crippen LogP contribution < -0.4 is 5.32 Å². The highest BCUT2D eigenvalue weighted by Gasteiger charge is 2.18. The van der Waals surface area contributed by atoms with E-state index in [1.807, 2.05) is 6.07 Å². The SMILES string of the molecule is N#Cc1cc(F)cc(Cl)c1-n1cc2c(Nc3cc(CO)ncn3)ncc(F)c2n1. The molecule has 2 N–H and O–H groups in total. The van der Waals surface area contributed by atoms with Crippen LogP contribution in [0, 0.1) is 23.0 Å². The monoisotopic (exact) mass is 413 g/mol. The molecule has 3 heterocycles. The van der Waals surface area contributed by atoms with Crippen molar-refractivity contribution in [2.24, 2.45) is 0 Å². The van der Waals surface area contributed by atoms with Crippen molar-refractivity contribution in [3.05, 3.63) is 64.8 Å². The van der Waals surface area contributed by atoms with Crippen LogP contribution in [0.1, 0.15) is 11.3 Å². The van der Waals surface area contributed by atoms with Crippen LogP contribution in [0.4, 0.5) is 20.4 Å². The highest BCUT2D eigenvalue weighted by Crippen LogP contribution is 2.30. The molecule has 4 aromatic rings. The van der Waals surface area contributed by atoms with Crippen molar-refractivity contribution < 1.29 is 13.9 Å². The van der Waals surface area contributed by atoms with E-state index in [9.17, 15) is 19.1 Å². The van der Waals surface area contributed by atoms with Crippen molar-refractivity contribution in [1.29, 1.82) is 5.26 Å². The number of aliphatic hydroxyl groups excluding tert-OH is 1. The van der Waals surface area contributed by atoms with Crippen LogP contribution in [0.5, 0.6) is 0 Å². The lowest BCUT2D eigenvalue weighted by Gasteiger charge is -2.07. The molecule has 0 aliphatic carbocycles. The molecule has 0 bridgehead atoms. The van der Waals surface area contributed by atoms with Gasteiger partial charge in [0, 0.05) is 12.3 Å². The van der Waals surface area contributed by atoms with Gasteiger partial charge in [0.15, 0.2) is 5.82 Å². The zero-order valence-electron chi connectivity index (χ0n) is 14.4. The Labute approximate surface area is 167 Å². The Hall–Kier alpha value is -3.68. The van der Waals surface area contributed by atoms with Gasteiger partial charge in [0.25, 0.3) is 0 Å². The molecule has 144 valence electrons. The van der Waals surface area contributed by atoms with E-state index in [2.05, 4.69) is 25.4 Å². The Morgan fingerprint density at radius 2 is 2.03 bits per heavy atom. The van der Waals surface area contributed by atoms with E-state index in [1.54, 1.807) is 0 Å². The van der Waals surface area contributed by atoms with Gasteiger partial charge in [-0.25, -0.2) is 28.4 Å². The molecule has 4 rings (SSSR count). The van der Waals surface area contributed by atoms with Crippen molar-refractivity contribution in [3.63, 3.8) is 0 Å². The first kappa shape index (κ1) is 18.7. The number of hydrogen-bond donors (Lipinski definition) is 2. The third-order valence-electron chi connectivity index (χ3n) is 4.01. The summed E-state index contributed by atoms with van der Waals surface area (Å²) >= 11 is 6.10.